The predicted octanol–water partition coefficient (Wildman–Crippen LogP) is 3.89. The molecule has 3 amide bonds. The number of hydrogen-bond donors (Lipinski definition) is 2. The van der Waals surface area contributed by atoms with Crippen molar-refractivity contribution in [2.75, 3.05) is 25.0 Å². The number of rotatable bonds is 6. The van der Waals surface area contributed by atoms with Gasteiger partial charge in [-0.1, -0.05) is 12.1 Å². The lowest BCUT2D eigenvalue weighted by Gasteiger charge is -2.55. The minimum absolute atomic E-state index is 0.00832. The summed E-state index contributed by atoms with van der Waals surface area (Å²) in [4.78, 5) is 40.6. The molecule has 4 saturated carbocycles. The van der Waals surface area contributed by atoms with Crippen LogP contribution in [0.3, 0.4) is 0 Å². The van der Waals surface area contributed by atoms with Gasteiger partial charge >= 0.3 is 0 Å². The first kappa shape index (κ1) is 21.5. The third kappa shape index (κ3) is 4.04. The monoisotopic (exact) mass is 437 g/mol. The van der Waals surface area contributed by atoms with Crippen LogP contribution < -0.4 is 10.6 Å². The van der Waals surface area contributed by atoms with Gasteiger partial charge in [0.15, 0.2) is 0 Å². The number of nitrogens with zero attached hydrogens (tertiary/aromatic N) is 1. The van der Waals surface area contributed by atoms with Crippen LogP contribution in [0.4, 0.5) is 5.69 Å². The van der Waals surface area contributed by atoms with E-state index in [2.05, 4.69) is 10.6 Å². The third-order valence-electron chi connectivity index (χ3n) is 8.31. The van der Waals surface area contributed by atoms with Crippen molar-refractivity contribution in [1.82, 2.24) is 10.2 Å². The van der Waals surface area contributed by atoms with E-state index in [-0.39, 0.29) is 29.6 Å². The minimum atomic E-state index is -0.183. The number of nitrogens with one attached hydrogen (secondary N) is 2. The first-order valence-electron chi connectivity index (χ1n) is 12.4. The molecule has 172 valence electrons. The van der Waals surface area contributed by atoms with Crippen molar-refractivity contribution in [1.29, 1.82) is 0 Å². The third-order valence-corrected chi connectivity index (χ3v) is 8.31. The van der Waals surface area contributed by atoms with E-state index in [1.54, 1.807) is 6.07 Å². The fourth-order valence-electron chi connectivity index (χ4n) is 7.21. The van der Waals surface area contributed by atoms with Gasteiger partial charge in [0.1, 0.15) is 0 Å². The molecule has 0 aromatic heterocycles. The number of amides is 3. The van der Waals surface area contributed by atoms with Gasteiger partial charge in [-0.15, -0.1) is 0 Å². The second-order valence-corrected chi connectivity index (χ2v) is 10.7. The molecule has 4 aliphatic carbocycles. The number of likely N-dealkylation sites (tertiary alicyclic amines) is 1. The molecule has 6 nitrogen and oxygen atoms in total. The SMILES string of the molecule is Cc1cccc(NC(=O)CCNC(=O)C23CC4CC(CC(C4)C2)C3)c1C(=O)N1CCCC1. The van der Waals surface area contributed by atoms with Gasteiger partial charge in [-0.3, -0.25) is 14.4 Å². The summed E-state index contributed by atoms with van der Waals surface area (Å²) in [6, 6.07) is 5.56. The number of anilines is 1. The Balaban J connectivity index is 1.17. The highest BCUT2D eigenvalue weighted by Crippen LogP contribution is 2.60. The van der Waals surface area contributed by atoms with Crippen LogP contribution >= 0.6 is 0 Å². The maximum absolute atomic E-state index is 13.1. The van der Waals surface area contributed by atoms with E-state index >= 15 is 0 Å². The summed E-state index contributed by atoms with van der Waals surface area (Å²) in [5.74, 6) is 2.15. The molecule has 0 spiro atoms. The summed E-state index contributed by atoms with van der Waals surface area (Å²) < 4.78 is 0. The lowest BCUT2D eigenvalue weighted by molar-refractivity contribution is -0.146. The highest BCUT2D eigenvalue weighted by Gasteiger charge is 2.54. The van der Waals surface area contributed by atoms with Crippen LogP contribution in [-0.2, 0) is 9.59 Å². The van der Waals surface area contributed by atoms with Gasteiger partial charge in [0.05, 0.1) is 11.3 Å². The van der Waals surface area contributed by atoms with Gasteiger partial charge in [0.2, 0.25) is 11.8 Å². The summed E-state index contributed by atoms with van der Waals surface area (Å²) in [5.41, 5.74) is 1.84. The van der Waals surface area contributed by atoms with Gasteiger partial charge in [0, 0.05) is 31.5 Å². The number of benzene rings is 1. The molecule has 6 rings (SSSR count). The zero-order valence-corrected chi connectivity index (χ0v) is 19.1. The van der Waals surface area contributed by atoms with E-state index in [0.717, 1.165) is 68.5 Å². The molecule has 1 heterocycles. The molecule has 5 fully saturated rings. The van der Waals surface area contributed by atoms with Crippen LogP contribution in [0.25, 0.3) is 0 Å². The number of carbonyl (C=O) groups is 3. The highest BCUT2D eigenvalue weighted by molar-refractivity contribution is 6.05. The van der Waals surface area contributed by atoms with Gasteiger partial charge in [0.25, 0.3) is 5.91 Å². The topological polar surface area (TPSA) is 78.5 Å². The summed E-state index contributed by atoms with van der Waals surface area (Å²) >= 11 is 0. The molecule has 6 heteroatoms. The van der Waals surface area contributed by atoms with Gasteiger partial charge in [-0.05, 0) is 87.7 Å². The Morgan fingerprint density at radius 2 is 1.62 bits per heavy atom. The molecule has 0 unspecified atom stereocenters. The van der Waals surface area contributed by atoms with Crippen LogP contribution in [0.5, 0.6) is 0 Å². The average molecular weight is 438 g/mol. The predicted molar refractivity (Wildman–Crippen MR) is 123 cm³/mol. The Morgan fingerprint density at radius 1 is 1.00 bits per heavy atom. The number of hydrogen-bond acceptors (Lipinski definition) is 3. The lowest BCUT2D eigenvalue weighted by atomic mass is 9.49. The molecule has 0 radical (unpaired) electrons. The second kappa shape index (κ2) is 8.53. The maximum atomic E-state index is 13.1. The van der Waals surface area contributed by atoms with Crippen LogP contribution in [0.15, 0.2) is 18.2 Å². The van der Waals surface area contributed by atoms with Crippen LogP contribution in [0.2, 0.25) is 0 Å². The molecular weight excluding hydrogens is 402 g/mol. The molecule has 5 aliphatic rings. The quantitative estimate of drug-likeness (QED) is 0.709. The minimum Gasteiger partial charge on any atom is -0.355 e. The fourth-order valence-corrected chi connectivity index (χ4v) is 7.21. The van der Waals surface area contributed by atoms with Crippen molar-refractivity contribution < 1.29 is 14.4 Å². The molecular formula is C26H35N3O3. The molecule has 32 heavy (non-hydrogen) atoms. The standard InChI is InChI=1S/C26H35N3O3/c1-17-5-4-6-21(23(17)24(31)29-9-2-3-10-29)28-22(30)7-8-27-25(32)26-14-18-11-19(15-26)13-20(12-18)16-26/h4-6,18-20H,2-3,7-16H2,1H3,(H,27,32)(H,28,30). The van der Waals surface area contributed by atoms with E-state index in [1.807, 2.05) is 24.0 Å². The van der Waals surface area contributed by atoms with Crippen molar-refractivity contribution in [3.63, 3.8) is 0 Å². The molecule has 1 aromatic rings. The largest absolute Gasteiger partial charge is 0.355 e. The zero-order chi connectivity index (χ0) is 22.3. The van der Waals surface area contributed by atoms with Crippen LogP contribution in [-0.4, -0.2) is 42.3 Å². The van der Waals surface area contributed by atoms with Gasteiger partial charge < -0.3 is 15.5 Å². The molecule has 4 bridgehead atoms. The van der Waals surface area contributed by atoms with Gasteiger partial charge in [-0.2, -0.15) is 0 Å². The summed E-state index contributed by atoms with van der Waals surface area (Å²) in [5, 5.41) is 6.00. The van der Waals surface area contributed by atoms with E-state index < -0.39 is 0 Å². The second-order valence-electron chi connectivity index (χ2n) is 10.7. The van der Waals surface area contributed by atoms with Crippen LogP contribution in [0, 0.1) is 30.1 Å². The smallest absolute Gasteiger partial charge is 0.256 e. The van der Waals surface area contributed by atoms with Crippen molar-refractivity contribution in [3.05, 3.63) is 29.3 Å². The maximum Gasteiger partial charge on any atom is 0.256 e. The highest BCUT2D eigenvalue weighted by atomic mass is 16.2. The molecule has 2 N–H and O–H groups in total. The van der Waals surface area contributed by atoms with E-state index in [9.17, 15) is 14.4 Å². The zero-order valence-electron chi connectivity index (χ0n) is 19.1. The Labute approximate surface area is 190 Å². The Bertz CT molecular complexity index is 884. The van der Waals surface area contributed by atoms with Gasteiger partial charge in [-0.25, -0.2) is 0 Å². The number of carbonyl (C=O) groups excluding carboxylic acids is 3. The Morgan fingerprint density at radius 3 is 2.25 bits per heavy atom. The summed E-state index contributed by atoms with van der Waals surface area (Å²) in [6.07, 6.45) is 9.29. The van der Waals surface area contributed by atoms with Crippen molar-refractivity contribution in [2.45, 2.75) is 64.7 Å². The van der Waals surface area contributed by atoms with Crippen molar-refractivity contribution in [3.8, 4) is 0 Å². The Kier molecular flexibility index (Phi) is 5.72. The first-order chi connectivity index (χ1) is 15.4. The van der Waals surface area contributed by atoms with E-state index in [1.165, 1.54) is 19.3 Å². The molecule has 1 aromatic carbocycles. The normalized spacial score (nSPS) is 30.4. The van der Waals surface area contributed by atoms with E-state index in [4.69, 9.17) is 0 Å². The molecule has 1 saturated heterocycles. The fraction of sp³-hybridized carbons (Fsp3) is 0.654. The summed E-state index contributed by atoms with van der Waals surface area (Å²) in [7, 11) is 0. The number of aryl methyl sites for hydroxylation is 1. The lowest BCUT2D eigenvalue weighted by Crippen LogP contribution is -2.53. The van der Waals surface area contributed by atoms with Crippen molar-refractivity contribution >= 4 is 23.4 Å². The first-order valence-corrected chi connectivity index (χ1v) is 12.4. The van der Waals surface area contributed by atoms with E-state index in [0.29, 0.717) is 17.8 Å². The molecule has 1 aliphatic heterocycles. The van der Waals surface area contributed by atoms with Crippen LogP contribution in [0.1, 0.15) is 73.7 Å². The summed E-state index contributed by atoms with van der Waals surface area (Å²) in [6.45, 7) is 3.80. The van der Waals surface area contributed by atoms with Crippen molar-refractivity contribution in [2.24, 2.45) is 23.2 Å². The average Bonchev–Trinajstić information content (AvgIpc) is 3.27. The Hall–Kier alpha value is -2.37. The molecule has 0 atom stereocenters.